The van der Waals surface area contributed by atoms with Crippen molar-refractivity contribution < 1.29 is 9.59 Å². The number of nitrogens with one attached hydrogen (secondary N) is 1. The van der Waals surface area contributed by atoms with Crippen LogP contribution in [0.3, 0.4) is 0 Å². The summed E-state index contributed by atoms with van der Waals surface area (Å²) in [6.07, 6.45) is 0.869. The summed E-state index contributed by atoms with van der Waals surface area (Å²) < 4.78 is 0. The van der Waals surface area contributed by atoms with Gasteiger partial charge in [-0.2, -0.15) is 0 Å². The summed E-state index contributed by atoms with van der Waals surface area (Å²) in [7, 11) is 2.42. The van der Waals surface area contributed by atoms with Crippen molar-refractivity contribution in [2.75, 3.05) is 25.5 Å². The van der Waals surface area contributed by atoms with Gasteiger partial charge in [0.25, 0.3) is 0 Å². The molecule has 0 saturated carbocycles. The van der Waals surface area contributed by atoms with Crippen LogP contribution in [0.25, 0.3) is 0 Å². The van der Waals surface area contributed by atoms with E-state index < -0.39 is 0 Å². The zero-order valence-corrected chi connectivity index (χ0v) is 17.2. The molecule has 26 heavy (non-hydrogen) atoms. The number of hydrogen-bond donors (Lipinski definition) is 3. The Morgan fingerprint density at radius 2 is 1.38 bits per heavy atom. The lowest BCUT2D eigenvalue weighted by atomic mass is 10.1. The predicted octanol–water partition coefficient (Wildman–Crippen LogP) is 2.50. The Kier molecular flexibility index (Phi) is 17.6. The van der Waals surface area contributed by atoms with E-state index in [9.17, 15) is 4.79 Å². The molecule has 0 aliphatic carbocycles. The first-order chi connectivity index (χ1) is 12.5. The number of benzene rings is 2. The molecule has 2 rings (SSSR count). The number of nitrogen functional groups attached to an aromatic ring is 1. The molecule has 0 spiro atoms. The van der Waals surface area contributed by atoms with Gasteiger partial charge in [-0.1, -0.05) is 54.2 Å². The van der Waals surface area contributed by atoms with Crippen molar-refractivity contribution in [1.82, 2.24) is 5.32 Å². The minimum atomic E-state index is -0.331. The number of carbonyl (C=O) groups is 2. The molecule has 0 aliphatic rings. The number of anilines is 1. The Morgan fingerprint density at radius 1 is 0.962 bits per heavy atom. The fourth-order valence-corrected chi connectivity index (χ4v) is 1.77. The summed E-state index contributed by atoms with van der Waals surface area (Å²) in [4.78, 5) is 18.4. The third-order valence-corrected chi connectivity index (χ3v) is 3.09. The molecule has 0 aliphatic heterocycles. The van der Waals surface area contributed by atoms with E-state index >= 15 is 0 Å². The van der Waals surface area contributed by atoms with Crippen molar-refractivity contribution in [3.8, 4) is 0 Å². The van der Waals surface area contributed by atoms with E-state index in [1.165, 1.54) is 16.7 Å². The minimum Gasteiger partial charge on any atom is -0.399 e. The molecule has 0 aromatic heterocycles. The molecule has 1 unspecified atom stereocenters. The van der Waals surface area contributed by atoms with Crippen LogP contribution in [-0.2, 0) is 16.0 Å². The fourth-order valence-electron chi connectivity index (χ4n) is 1.77. The molecule has 5 nitrogen and oxygen atoms in total. The molecular formula is C20H32N3O2P. The smallest absolute Gasteiger partial charge is 0.231 e. The predicted molar refractivity (Wildman–Crippen MR) is 115 cm³/mol. The summed E-state index contributed by atoms with van der Waals surface area (Å²) in [6, 6.07) is 16.2. The van der Waals surface area contributed by atoms with E-state index in [0.717, 1.165) is 18.7 Å². The number of primary amides is 1. The molecule has 6 heteroatoms. The van der Waals surface area contributed by atoms with Crippen molar-refractivity contribution in [2.24, 2.45) is 5.73 Å². The maximum absolute atomic E-state index is 10.4. The monoisotopic (exact) mass is 377 g/mol. The lowest BCUT2D eigenvalue weighted by Crippen LogP contribution is -2.29. The lowest BCUT2D eigenvalue weighted by molar-refractivity contribution is -0.117. The van der Waals surface area contributed by atoms with Crippen LogP contribution in [0, 0.1) is 13.8 Å². The molecule has 0 saturated heterocycles. The van der Waals surface area contributed by atoms with Gasteiger partial charge in [-0.15, -0.1) is 9.24 Å². The maximum atomic E-state index is 10.4. The fraction of sp³-hybridized carbons (Fsp3) is 0.300. The molecule has 2 aromatic carbocycles. The Morgan fingerprint density at radius 3 is 1.77 bits per heavy atom. The standard InChI is InChI=1S/C10H15N3O.C8H10.CH2O.CH5P/c11-9-3-1-8(2-4-9)5-6-13-7-10(12)14;1-7-3-5-8(2)6-4-7;2*1-2/h1-4,13H,5-7,11H2,(H2,12,14);3-6H,1-2H3;1H2;2H2,1H3. The molecule has 5 N–H and O–H groups in total. The SMILES string of the molecule is C=O.CP.Cc1ccc(C)cc1.NC(=O)CNCCc1ccc(N)cc1. The highest BCUT2D eigenvalue weighted by molar-refractivity contribution is 7.15. The van der Waals surface area contributed by atoms with Crippen LogP contribution >= 0.6 is 9.24 Å². The summed E-state index contributed by atoms with van der Waals surface area (Å²) in [6.45, 7) is 9.08. The van der Waals surface area contributed by atoms with Crippen LogP contribution in [0.5, 0.6) is 0 Å². The van der Waals surface area contributed by atoms with Gasteiger partial charge < -0.3 is 21.6 Å². The van der Waals surface area contributed by atoms with Gasteiger partial charge in [-0.25, -0.2) is 0 Å². The Balaban J connectivity index is 0. The second-order valence-corrected chi connectivity index (χ2v) is 5.29. The number of hydrogen-bond acceptors (Lipinski definition) is 4. The van der Waals surface area contributed by atoms with Gasteiger partial charge in [0, 0.05) is 5.69 Å². The van der Waals surface area contributed by atoms with Crippen LogP contribution in [0.15, 0.2) is 48.5 Å². The van der Waals surface area contributed by atoms with Gasteiger partial charge in [0.05, 0.1) is 6.54 Å². The first-order valence-corrected chi connectivity index (χ1v) is 9.36. The van der Waals surface area contributed by atoms with Gasteiger partial charge in [0.15, 0.2) is 0 Å². The third-order valence-electron chi connectivity index (χ3n) is 3.09. The normalized spacial score (nSPS) is 8.62. The molecule has 1 atom stereocenters. The van der Waals surface area contributed by atoms with E-state index in [0.29, 0.717) is 0 Å². The molecule has 0 radical (unpaired) electrons. The van der Waals surface area contributed by atoms with Gasteiger partial charge in [0.1, 0.15) is 6.79 Å². The summed E-state index contributed by atoms with van der Waals surface area (Å²) in [5.41, 5.74) is 15.1. The van der Waals surface area contributed by atoms with Crippen LogP contribution in [-0.4, -0.2) is 32.5 Å². The molecule has 0 heterocycles. The van der Waals surface area contributed by atoms with Crippen LogP contribution in [0.4, 0.5) is 5.69 Å². The molecule has 1 amide bonds. The summed E-state index contributed by atoms with van der Waals surface area (Å²) in [5, 5.41) is 2.94. The first-order valence-electron chi connectivity index (χ1n) is 8.20. The number of aryl methyl sites for hydroxylation is 2. The molecule has 0 bridgehead atoms. The second-order valence-electron chi connectivity index (χ2n) is 5.29. The van der Waals surface area contributed by atoms with Crippen molar-refractivity contribution in [1.29, 1.82) is 0 Å². The Bertz CT molecular complexity index is 566. The van der Waals surface area contributed by atoms with Crippen LogP contribution in [0.2, 0.25) is 0 Å². The average Bonchev–Trinajstić information content (AvgIpc) is 2.66. The van der Waals surface area contributed by atoms with Gasteiger partial charge >= 0.3 is 0 Å². The molecular weight excluding hydrogens is 345 g/mol. The van der Waals surface area contributed by atoms with Gasteiger partial charge in [0.2, 0.25) is 5.91 Å². The minimum absolute atomic E-state index is 0.231. The van der Waals surface area contributed by atoms with Crippen molar-refractivity contribution in [3.63, 3.8) is 0 Å². The van der Waals surface area contributed by atoms with E-state index in [-0.39, 0.29) is 12.5 Å². The van der Waals surface area contributed by atoms with E-state index in [1.54, 1.807) is 0 Å². The van der Waals surface area contributed by atoms with Crippen molar-refractivity contribution in [3.05, 3.63) is 65.2 Å². The largest absolute Gasteiger partial charge is 0.399 e. The number of amides is 1. The molecule has 2 aromatic rings. The number of rotatable bonds is 5. The number of nitrogens with two attached hydrogens (primary N) is 2. The van der Waals surface area contributed by atoms with E-state index in [1.807, 2.05) is 37.7 Å². The highest BCUT2D eigenvalue weighted by Gasteiger charge is 1.94. The summed E-state index contributed by atoms with van der Waals surface area (Å²) in [5.74, 6) is -0.331. The maximum Gasteiger partial charge on any atom is 0.231 e. The molecule has 0 fully saturated rings. The second kappa shape index (κ2) is 17.6. The zero-order valence-electron chi connectivity index (χ0n) is 16.0. The zero-order chi connectivity index (χ0) is 20.4. The Hall–Kier alpha value is -2.23. The van der Waals surface area contributed by atoms with Gasteiger partial charge in [-0.3, -0.25) is 4.79 Å². The van der Waals surface area contributed by atoms with E-state index in [4.69, 9.17) is 16.3 Å². The van der Waals surface area contributed by atoms with Crippen molar-refractivity contribution in [2.45, 2.75) is 20.3 Å². The van der Waals surface area contributed by atoms with Crippen LogP contribution < -0.4 is 16.8 Å². The highest BCUT2D eigenvalue weighted by Crippen LogP contribution is 2.05. The lowest BCUT2D eigenvalue weighted by Gasteiger charge is -2.02. The van der Waals surface area contributed by atoms with Crippen LogP contribution in [0.1, 0.15) is 16.7 Å². The number of carbonyl (C=O) groups excluding carboxylic acids is 2. The molecule has 144 valence electrons. The van der Waals surface area contributed by atoms with Crippen molar-refractivity contribution >= 4 is 27.6 Å². The first kappa shape index (κ1) is 26.0. The van der Waals surface area contributed by atoms with Gasteiger partial charge in [-0.05, 0) is 44.5 Å². The van der Waals surface area contributed by atoms with E-state index in [2.05, 4.69) is 52.7 Å². The highest BCUT2D eigenvalue weighted by atomic mass is 31.0. The topological polar surface area (TPSA) is 98.2 Å². The third kappa shape index (κ3) is 15.3. The average molecular weight is 377 g/mol. The Labute approximate surface area is 159 Å². The summed E-state index contributed by atoms with van der Waals surface area (Å²) >= 11 is 0. The quantitative estimate of drug-likeness (QED) is 0.424.